The first-order valence-corrected chi connectivity index (χ1v) is 7.67. The molecule has 0 aliphatic rings. The summed E-state index contributed by atoms with van der Waals surface area (Å²) in [7, 11) is 0. The van der Waals surface area contributed by atoms with Gasteiger partial charge in [-0.25, -0.2) is 0 Å². The summed E-state index contributed by atoms with van der Waals surface area (Å²) < 4.78 is 11.1. The average Bonchev–Trinajstić information content (AvgIpc) is 2.48. The van der Waals surface area contributed by atoms with Gasteiger partial charge in [-0.1, -0.05) is 24.3 Å². The van der Waals surface area contributed by atoms with Crippen LogP contribution >= 0.6 is 11.6 Å². The van der Waals surface area contributed by atoms with Crippen LogP contribution < -0.4 is 9.47 Å². The SMILES string of the molecule is CCOc1ccc(C(Cl)c2ccc(OC(C)C)cc2)cc1. The van der Waals surface area contributed by atoms with Crippen molar-refractivity contribution in [1.29, 1.82) is 0 Å². The van der Waals surface area contributed by atoms with E-state index in [0.717, 1.165) is 22.6 Å². The molecule has 2 aromatic rings. The zero-order valence-corrected chi connectivity index (χ0v) is 13.4. The molecule has 0 heterocycles. The average molecular weight is 305 g/mol. The van der Waals surface area contributed by atoms with Crippen molar-refractivity contribution in [3.05, 3.63) is 59.7 Å². The zero-order chi connectivity index (χ0) is 15.2. The Morgan fingerprint density at radius 2 is 1.33 bits per heavy atom. The predicted octanol–water partition coefficient (Wildman–Crippen LogP) is 5.20. The van der Waals surface area contributed by atoms with Crippen LogP contribution in [0.25, 0.3) is 0 Å². The van der Waals surface area contributed by atoms with Crippen molar-refractivity contribution < 1.29 is 9.47 Å². The van der Waals surface area contributed by atoms with Gasteiger partial charge in [-0.3, -0.25) is 0 Å². The molecule has 21 heavy (non-hydrogen) atoms. The molecule has 0 aromatic heterocycles. The maximum atomic E-state index is 6.54. The lowest BCUT2D eigenvalue weighted by Crippen LogP contribution is -2.05. The van der Waals surface area contributed by atoms with Crippen LogP contribution in [-0.2, 0) is 0 Å². The van der Waals surface area contributed by atoms with Crippen molar-refractivity contribution in [2.75, 3.05) is 6.61 Å². The summed E-state index contributed by atoms with van der Waals surface area (Å²) in [6, 6.07) is 15.8. The van der Waals surface area contributed by atoms with Gasteiger partial charge in [-0.2, -0.15) is 0 Å². The lowest BCUT2D eigenvalue weighted by atomic mass is 10.0. The molecule has 0 saturated heterocycles. The molecule has 0 N–H and O–H groups in total. The Hall–Kier alpha value is -1.67. The highest BCUT2D eigenvalue weighted by atomic mass is 35.5. The third-order valence-electron chi connectivity index (χ3n) is 3.03. The summed E-state index contributed by atoms with van der Waals surface area (Å²) >= 11 is 6.54. The van der Waals surface area contributed by atoms with E-state index in [1.165, 1.54) is 0 Å². The van der Waals surface area contributed by atoms with Crippen LogP contribution in [0, 0.1) is 0 Å². The Morgan fingerprint density at radius 3 is 1.76 bits per heavy atom. The minimum Gasteiger partial charge on any atom is -0.494 e. The predicted molar refractivity (Wildman–Crippen MR) is 87.5 cm³/mol. The molecule has 1 unspecified atom stereocenters. The van der Waals surface area contributed by atoms with Gasteiger partial charge in [0.2, 0.25) is 0 Å². The van der Waals surface area contributed by atoms with Crippen molar-refractivity contribution in [2.24, 2.45) is 0 Å². The molecule has 0 aliphatic heterocycles. The van der Waals surface area contributed by atoms with E-state index in [9.17, 15) is 0 Å². The molecule has 2 nitrogen and oxygen atoms in total. The van der Waals surface area contributed by atoms with Crippen molar-refractivity contribution in [1.82, 2.24) is 0 Å². The third kappa shape index (κ3) is 4.40. The van der Waals surface area contributed by atoms with E-state index in [2.05, 4.69) is 0 Å². The van der Waals surface area contributed by atoms with Gasteiger partial charge in [-0.05, 0) is 56.2 Å². The highest BCUT2D eigenvalue weighted by molar-refractivity contribution is 6.22. The second-order valence-electron chi connectivity index (χ2n) is 5.10. The van der Waals surface area contributed by atoms with Crippen LogP contribution in [0.1, 0.15) is 37.3 Å². The summed E-state index contributed by atoms with van der Waals surface area (Å²) in [4.78, 5) is 0. The molecule has 0 fully saturated rings. The summed E-state index contributed by atoms with van der Waals surface area (Å²) in [6.07, 6.45) is 0.175. The van der Waals surface area contributed by atoms with Gasteiger partial charge in [0.05, 0.1) is 18.1 Å². The van der Waals surface area contributed by atoms with Crippen LogP contribution in [0.4, 0.5) is 0 Å². The van der Waals surface area contributed by atoms with Gasteiger partial charge < -0.3 is 9.47 Å². The molecular weight excluding hydrogens is 284 g/mol. The highest BCUT2D eigenvalue weighted by Crippen LogP contribution is 2.31. The quantitative estimate of drug-likeness (QED) is 0.683. The summed E-state index contributed by atoms with van der Waals surface area (Å²) in [6.45, 7) is 6.66. The van der Waals surface area contributed by atoms with E-state index in [-0.39, 0.29) is 11.5 Å². The number of alkyl halides is 1. The third-order valence-corrected chi connectivity index (χ3v) is 3.53. The molecule has 1 atom stereocenters. The Balaban J connectivity index is 2.09. The molecule has 0 radical (unpaired) electrons. The van der Waals surface area contributed by atoms with E-state index in [1.54, 1.807) is 0 Å². The van der Waals surface area contributed by atoms with Gasteiger partial charge in [0.1, 0.15) is 11.5 Å². The van der Waals surface area contributed by atoms with E-state index in [0.29, 0.717) is 6.61 Å². The number of ether oxygens (including phenoxy) is 2. The Labute approximate surface area is 131 Å². The second kappa shape index (κ2) is 7.37. The van der Waals surface area contributed by atoms with Crippen LogP contribution in [0.3, 0.4) is 0 Å². The number of rotatable bonds is 6. The molecule has 2 aromatic carbocycles. The fourth-order valence-electron chi connectivity index (χ4n) is 2.08. The fraction of sp³-hybridized carbons (Fsp3) is 0.333. The Bertz CT molecular complexity index is 546. The smallest absolute Gasteiger partial charge is 0.119 e. The van der Waals surface area contributed by atoms with Crippen LogP contribution in [-0.4, -0.2) is 12.7 Å². The van der Waals surface area contributed by atoms with Gasteiger partial charge >= 0.3 is 0 Å². The molecule has 2 rings (SSSR count). The first-order chi connectivity index (χ1) is 10.1. The standard InChI is InChI=1S/C18H21ClO2/c1-4-20-16-9-5-14(6-10-16)18(19)15-7-11-17(12-8-15)21-13(2)3/h5-13,18H,4H2,1-3H3. The van der Waals surface area contributed by atoms with Gasteiger partial charge in [-0.15, -0.1) is 11.6 Å². The minimum atomic E-state index is -0.172. The highest BCUT2D eigenvalue weighted by Gasteiger charge is 2.11. The van der Waals surface area contributed by atoms with Crippen molar-refractivity contribution in [2.45, 2.75) is 32.3 Å². The largest absolute Gasteiger partial charge is 0.494 e. The lowest BCUT2D eigenvalue weighted by molar-refractivity contribution is 0.242. The number of halogens is 1. The van der Waals surface area contributed by atoms with Crippen LogP contribution in [0.15, 0.2) is 48.5 Å². The molecule has 0 saturated carbocycles. The topological polar surface area (TPSA) is 18.5 Å². The minimum absolute atomic E-state index is 0.172. The lowest BCUT2D eigenvalue weighted by Gasteiger charge is -2.13. The van der Waals surface area contributed by atoms with Crippen LogP contribution in [0.5, 0.6) is 11.5 Å². The summed E-state index contributed by atoms with van der Waals surface area (Å²) in [5, 5.41) is -0.172. The second-order valence-corrected chi connectivity index (χ2v) is 5.54. The van der Waals surface area contributed by atoms with E-state index in [4.69, 9.17) is 21.1 Å². The van der Waals surface area contributed by atoms with E-state index in [1.807, 2.05) is 69.3 Å². The first-order valence-electron chi connectivity index (χ1n) is 7.23. The van der Waals surface area contributed by atoms with E-state index >= 15 is 0 Å². The number of benzene rings is 2. The monoisotopic (exact) mass is 304 g/mol. The van der Waals surface area contributed by atoms with Crippen LogP contribution in [0.2, 0.25) is 0 Å². The molecule has 112 valence electrons. The van der Waals surface area contributed by atoms with Crippen molar-refractivity contribution in [3.8, 4) is 11.5 Å². The van der Waals surface area contributed by atoms with Gasteiger partial charge in [0, 0.05) is 0 Å². The molecule has 0 amide bonds. The fourth-order valence-corrected chi connectivity index (χ4v) is 2.37. The van der Waals surface area contributed by atoms with Crippen molar-refractivity contribution >= 4 is 11.6 Å². The molecule has 0 bridgehead atoms. The van der Waals surface area contributed by atoms with Crippen molar-refractivity contribution in [3.63, 3.8) is 0 Å². The maximum absolute atomic E-state index is 6.54. The Kier molecular flexibility index (Phi) is 5.51. The molecular formula is C18H21ClO2. The zero-order valence-electron chi connectivity index (χ0n) is 12.7. The summed E-state index contributed by atoms with van der Waals surface area (Å²) in [5.41, 5.74) is 2.11. The number of hydrogen-bond acceptors (Lipinski definition) is 2. The molecule has 3 heteroatoms. The van der Waals surface area contributed by atoms with Gasteiger partial charge in [0.15, 0.2) is 0 Å². The van der Waals surface area contributed by atoms with Gasteiger partial charge in [0.25, 0.3) is 0 Å². The Morgan fingerprint density at radius 1 is 0.857 bits per heavy atom. The summed E-state index contributed by atoms with van der Waals surface area (Å²) in [5.74, 6) is 1.73. The molecule has 0 spiro atoms. The maximum Gasteiger partial charge on any atom is 0.119 e. The van der Waals surface area contributed by atoms with E-state index < -0.39 is 0 Å². The molecule has 0 aliphatic carbocycles. The normalized spacial score (nSPS) is 12.2. The first kappa shape index (κ1) is 15.7. The number of hydrogen-bond donors (Lipinski definition) is 0.